The Balaban J connectivity index is 1.74. The van der Waals surface area contributed by atoms with Crippen LogP contribution in [0.5, 0.6) is 0 Å². The summed E-state index contributed by atoms with van der Waals surface area (Å²) in [5.41, 5.74) is 2.14. The monoisotopic (exact) mass is 458 g/mol. The summed E-state index contributed by atoms with van der Waals surface area (Å²) in [5, 5.41) is 11.5. The van der Waals surface area contributed by atoms with Crippen molar-refractivity contribution in [1.82, 2.24) is 20.3 Å². The zero-order valence-corrected chi connectivity index (χ0v) is 17.3. The lowest BCUT2D eigenvalue weighted by molar-refractivity contribution is -0.137. The van der Waals surface area contributed by atoms with Crippen LogP contribution in [0.3, 0.4) is 0 Å². The Kier molecular flexibility index (Phi) is 4.76. The number of nitrogens with zero attached hydrogens (tertiary/aromatic N) is 5. The van der Waals surface area contributed by atoms with Crippen LogP contribution < -0.4 is 10.2 Å². The molecule has 166 valence electrons. The SMILES string of the molecule is C=C1NC(=O)N(c2cccc(C(F)(F)F)c2)c2c1cnc1ccc(-c3ccc(C#N)nc3)nc21. The molecule has 0 saturated carbocycles. The van der Waals surface area contributed by atoms with Crippen molar-refractivity contribution in [3.63, 3.8) is 0 Å². The van der Waals surface area contributed by atoms with Gasteiger partial charge in [-0.05, 0) is 42.5 Å². The molecule has 7 nitrogen and oxygen atoms in total. The summed E-state index contributed by atoms with van der Waals surface area (Å²) < 4.78 is 40.1. The second-order valence-electron chi connectivity index (χ2n) is 7.42. The molecular formula is C24H13F3N6O. The number of carbonyl (C=O) groups is 1. The van der Waals surface area contributed by atoms with Crippen LogP contribution in [0.2, 0.25) is 0 Å². The normalized spacial score (nSPS) is 13.4. The number of fused-ring (bicyclic) bond motifs is 3. The van der Waals surface area contributed by atoms with Gasteiger partial charge in [0, 0.05) is 29.2 Å². The molecule has 0 bridgehead atoms. The van der Waals surface area contributed by atoms with Crippen molar-refractivity contribution >= 4 is 34.1 Å². The fourth-order valence-electron chi connectivity index (χ4n) is 3.69. The van der Waals surface area contributed by atoms with Gasteiger partial charge in [0.2, 0.25) is 0 Å². The van der Waals surface area contributed by atoms with Gasteiger partial charge in [-0.1, -0.05) is 12.6 Å². The molecule has 5 rings (SSSR count). The number of hydrogen-bond acceptors (Lipinski definition) is 5. The average Bonchev–Trinajstić information content (AvgIpc) is 2.83. The van der Waals surface area contributed by atoms with Gasteiger partial charge in [-0.15, -0.1) is 0 Å². The number of anilines is 2. The van der Waals surface area contributed by atoms with E-state index < -0.39 is 17.8 Å². The van der Waals surface area contributed by atoms with Gasteiger partial charge < -0.3 is 5.32 Å². The summed E-state index contributed by atoms with van der Waals surface area (Å²) in [6.45, 7) is 3.85. The predicted molar refractivity (Wildman–Crippen MR) is 119 cm³/mol. The van der Waals surface area contributed by atoms with Gasteiger partial charge in [0.15, 0.2) is 0 Å². The van der Waals surface area contributed by atoms with Gasteiger partial charge in [0.1, 0.15) is 17.3 Å². The number of halogens is 3. The van der Waals surface area contributed by atoms with Gasteiger partial charge in [-0.25, -0.2) is 14.8 Å². The summed E-state index contributed by atoms with van der Waals surface area (Å²) in [4.78, 5) is 27.2. The van der Waals surface area contributed by atoms with E-state index in [1.807, 2.05) is 6.07 Å². The summed E-state index contributed by atoms with van der Waals surface area (Å²) in [7, 11) is 0. The highest BCUT2D eigenvalue weighted by Gasteiger charge is 2.34. The van der Waals surface area contributed by atoms with Gasteiger partial charge in [0.25, 0.3) is 0 Å². The molecule has 0 radical (unpaired) electrons. The van der Waals surface area contributed by atoms with E-state index in [0.29, 0.717) is 27.9 Å². The lowest BCUT2D eigenvalue weighted by atomic mass is 10.0. The fourth-order valence-corrected chi connectivity index (χ4v) is 3.69. The van der Waals surface area contributed by atoms with E-state index in [4.69, 9.17) is 5.26 Å². The third-order valence-electron chi connectivity index (χ3n) is 5.30. The molecule has 0 atom stereocenters. The minimum atomic E-state index is -4.58. The quantitative estimate of drug-likeness (QED) is 0.433. The number of carbonyl (C=O) groups excluding carboxylic acids is 1. The van der Waals surface area contributed by atoms with Gasteiger partial charge in [-0.2, -0.15) is 18.4 Å². The molecule has 3 aromatic heterocycles. The highest BCUT2D eigenvalue weighted by atomic mass is 19.4. The molecule has 4 heterocycles. The Labute approximate surface area is 190 Å². The van der Waals surface area contributed by atoms with E-state index in [9.17, 15) is 18.0 Å². The van der Waals surface area contributed by atoms with Crippen LogP contribution in [0.15, 0.2) is 67.5 Å². The molecule has 10 heteroatoms. The maximum absolute atomic E-state index is 13.4. The number of benzene rings is 1. The third-order valence-corrected chi connectivity index (χ3v) is 5.30. The van der Waals surface area contributed by atoms with E-state index >= 15 is 0 Å². The first-order chi connectivity index (χ1) is 16.3. The molecular weight excluding hydrogens is 445 g/mol. The lowest BCUT2D eigenvalue weighted by Gasteiger charge is -2.31. The summed E-state index contributed by atoms with van der Waals surface area (Å²) in [5.74, 6) is 0. The molecule has 1 aromatic carbocycles. The molecule has 0 saturated heterocycles. The minimum absolute atomic E-state index is 0.0146. The van der Waals surface area contributed by atoms with Crippen molar-refractivity contribution in [2.45, 2.75) is 6.18 Å². The zero-order chi connectivity index (χ0) is 24.0. The lowest BCUT2D eigenvalue weighted by Crippen LogP contribution is -2.40. The molecule has 2 amide bonds. The first-order valence-corrected chi connectivity index (χ1v) is 9.90. The Morgan fingerprint density at radius 3 is 2.59 bits per heavy atom. The van der Waals surface area contributed by atoms with Crippen LogP contribution in [0, 0.1) is 11.3 Å². The Bertz CT molecular complexity index is 1520. The number of rotatable bonds is 2. The van der Waals surface area contributed by atoms with E-state index in [1.54, 1.807) is 24.3 Å². The largest absolute Gasteiger partial charge is 0.416 e. The molecule has 1 aliphatic heterocycles. The number of nitriles is 1. The zero-order valence-electron chi connectivity index (χ0n) is 17.3. The second-order valence-corrected chi connectivity index (χ2v) is 7.42. The van der Waals surface area contributed by atoms with Crippen LogP contribution in [-0.2, 0) is 6.18 Å². The number of urea groups is 1. The smallest absolute Gasteiger partial charge is 0.307 e. The van der Waals surface area contributed by atoms with Crippen molar-refractivity contribution < 1.29 is 18.0 Å². The maximum atomic E-state index is 13.4. The third kappa shape index (κ3) is 3.49. The van der Waals surface area contributed by atoms with E-state index in [-0.39, 0.29) is 22.8 Å². The Morgan fingerprint density at radius 2 is 1.88 bits per heavy atom. The van der Waals surface area contributed by atoms with Crippen LogP contribution >= 0.6 is 0 Å². The highest BCUT2D eigenvalue weighted by Crippen LogP contribution is 2.41. The molecule has 4 aromatic rings. The van der Waals surface area contributed by atoms with Crippen LogP contribution in [-0.4, -0.2) is 21.0 Å². The van der Waals surface area contributed by atoms with Crippen molar-refractivity contribution in [3.8, 4) is 17.3 Å². The highest BCUT2D eigenvalue weighted by molar-refractivity contribution is 6.14. The Hall–Kier alpha value is -4.78. The number of nitrogens with one attached hydrogen (secondary N) is 1. The van der Waals surface area contributed by atoms with E-state index in [1.165, 1.54) is 24.5 Å². The van der Waals surface area contributed by atoms with Crippen molar-refractivity contribution in [2.75, 3.05) is 4.90 Å². The van der Waals surface area contributed by atoms with Crippen molar-refractivity contribution in [3.05, 3.63) is 84.3 Å². The Morgan fingerprint density at radius 1 is 1.06 bits per heavy atom. The van der Waals surface area contributed by atoms with Gasteiger partial charge >= 0.3 is 12.2 Å². The predicted octanol–water partition coefficient (Wildman–Crippen LogP) is 5.41. The molecule has 0 fully saturated rings. The van der Waals surface area contributed by atoms with Crippen LogP contribution in [0.4, 0.5) is 29.3 Å². The molecule has 0 spiro atoms. The molecule has 1 N–H and O–H groups in total. The van der Waals surface area contributed by atoms with Gasteiger partial charge in [0.05, 0.1) is 28.1 Å². The second kappa shape index (κ2) is 7.67. The number of alkyl halides is 3. The van der Waals surface area contributed by atoms with Crippen LogP contribution in [0.25, 0.3) is 28.0 Å². The van der Waals surface area contributed by atoms with E-state index in [2.05, 4.69) is 26.8 Å². The minimum Gasteiger partial charge on any atom is -0.307 e. The first-order valence-electron chi connectivity index (χ1n) is 9.90. The van der Waals surface area contributed by atoms with Gasteiger partial charge in [-0.3, -0.25) is 9.88 Å². The summed E-state index contributed by atoms with van der Waals surface area (Å²) in [6.07, 6.45) is -1.60. The van der Waals surface area contributed by atoms with E-state index in [0.717, 1.165) is 17.0 Å². The standard InChI is InChI=1S/C24H13F3N6O/c1-13-18-12-30-20-8-7-19(14-5-6-16(10-28)29-11-14)32-21(20)22(18)33(23(34)31-13)17-4-2-3-15(9-17)24(25,26)27/h2-9,11-12H,1H2,(H,31,34). The molecule has 34 heavy (non-hydrogen) atoms. The summed E-state index contributed by atoms with van der Waals surface area (Å²) in [6, 6.07) is 12.4. The molecule has 1 aliphatic rings. The topological polar surface area (TPSA) is 94.8 Å². The van der Waals surface area contributed by atoms with Crippen molar-refractivity contribution in [2.24, 2.45) is 0 Å². The number of pyridine rings is 3. The molecule has 0 aliphatic carbocycles. The number of aromatic nitrogens is 3. The first kappa shape index (κ1) is 21.1. The van der Waals surface area contributed by atoms with Crippen LogP contribution in [0.1, 0.15) is 16.8 Å². The molecule has 0 unspecified atom stereocenters. The van der Waals surface area contributed by atoms with Crippen molar-refractivity contribution in [1.29, 1.82) is 5.26 Å². The summed E-state index contributed by atoms with van der Waals surface area (Å²) >= 11 is 0. The maximum Gasteiger partial charge on any atom is 0.416 e. The number of amides is 2. The fraction of sp³-hybridized carbons (Fsp3) is 0.0417. The average molecular weight is 458 g/mol. The number of hydrogen-bond donors (Lipinski definition) is 1.